The third-order valence-corrected chi connectivity index (χ3v) is 3.58. The smallest absolute Gasteiger partial charge is 0.226 e. The van der Waals surface area contributed by atoms with Gasteiger partial charge in [-0.1, -0.05) is 0 Å². The summed E-state index contributed by atoms with van der Waals surface area (Å²) in [6, 6.07) is 6.90. The maximum atomic E-state index is 12.1. The van der Waals surface area contributed by atoms with Crippen LogP contribution in [0.1, 0.15) is 26.7 Å². The van der Waals surface area contributed by atoms with E-state index < -0.39 is 0 Å². The predicted molar refractivity (Wildman–Crippen MR) is 99.4 cm³/mol. The van der Waals surface area contributed by atoms with Crippen LogP contribution in [0.25, 0.3) is 0 Å². The minimum absolute atomic E-state index is 0.0220. The minimum atomic E-state index is -0.147. The van der Waals surface area contributed by atoms with Gasteiger partial charge in [0.2, 0.25) is 17.7 Å². The zero-order chi connectivity index (χ0) is 18.8. The first-order chi connectivity index (χ1) is 11.8. The third-order valence-electron chi connectivity index (χ3n) is 3.58. The van der Waals surface area contributed by atoms with Crippen LogP contribution in [0.5, 0.6) is 0 Å². The minimum Gasteiger partial charge on any atom is -0.342 e. The molecule has 0 aliphatic carbocycles. The van der Waals surface area contributed by atoms with Crippen LogP contribution >= 0.6 is 0 Å². The highest BCUT2D eigenvalue weighted by atomic mass is 16.2. The van der Waals surface area contributed by atoms with E-state index in [0.717, 1.165) is 13.0 Å². The van der Waals surface area contributed by atoms with Crippen LogP contribution in [0.2, 0.25) is 0 Å². The molecule has 7 nitrogen and oxygen atoms in total. The highest BCUT2D eigenvalue weighted by Crippen LogP contribution is 2.13. The van der Waals surface area contributed by atoms with Crippen LogP contribution < -0.4 is 10.6 Å². The van der Waals surface area contributed by atoms with Crippen LogP contribution in [0.4, 0.5) is 11.4 Å². The average molecular weight is 348 g/mol. The largest absolute Gasteiger partial charge is 0.342 e. The van der Waals surface area contributed by atoms with Crippen LogP contribution in [0.3, 0.4) is 0 Å². The molecular formula is C18H28N4O3. The molecule has 1 aromatic rings. The van der Waals surface area contributed by atoms with Gasteiger partial charge in [0.05, 0.1) is 0 Å². The summed E-state index contributed by atoms with van der Waals surface area (Å²) in [7, 11) is 3.98. The molecule has 0 radical (unpaired) electrons. The van der Waals surface area contributed by atoms with Crippen molar-refractivity contribution in [1.29, 1.82) is 0 Å². The fourth-order valence-electron chi connectivity index (χ4n) is 2.30. The predicted octanol–water partition coefficient (Wildman–Crippen LogP) is 1.77. The standard InChI is InChI=1S/C18H28N4O3/c1-14(23)19-16-6-8-17(9-7-16)20-18(25)10-13-22(15(2)24)12-5-11-21(3)4/h6-9H,5,10-13H2,1-4H3,(H,19,23)(H,20,25). The summed E-state index contributed by atoms with van der Waals surface area (Å²) in [5.41, 5.74) is 1.33. The van der Waals surface area contributed by atoms with E-state index in [1.165, 1.54) is 13.8 Å². The second kappa shape index (κ2) is 10.5. The summed E-state index contributed by atoms with van der Waals surface area (Å²) >= 11 is 0. The van der Waals surface area contributed by atoms with Crippen molar-refractivity contribution in [3.05, 3.63) is 24.3 Å². The molecule has 0 spiro atoms. The number of hydrogen-bond donors (Lipinski definition) is 2. The number of carbonyl (C=O) groups is 3. The molecule has 2 N–H and O–H groups in total. The summed E-state index contributed by atoms with van der Waals surface area (Å²) in [5, 5.41) is 5.46. The maximum absolute atomic E-state index is 12.1. The van der Waals surface area contributed by atoms with Crippen LogP contribution in [0, 0.1) is 0 Å². The summed E-state index contributed by atoms with van der Waals surface area (Å²) < 4.78 is 0. The molecule has 0 aliphatic rings. The first-order valence-electron chi connectivity index (χ1n) is 8.35. The van der Waals surface area contributed by atoms with Gasteiger partial charge in [0.15, 0.2) is 0 Å². The van der Waals surface area contributed by atoms with Crippen molar-refractivity contribution < 1.29 is 14.4 Å². The van der Waals surface area contributed by atoms with E-state index in [1.807, 2.05) is 14.1 Å². The van der Waals surface area contributed by atoms with E-state index >= 15 is 0 Å². The van der Waals surface area contributed by atoms with Gasteiger partial charge in [-0.25, -0.2) is 0 Å². The number of hydrogen-bond acceptors (Lipinski definition) is 4. The van der Waals surface area contributed by atoms with E-state index in [-0.39, 0.29) is 24.1 Å². The van der Waals surface area contributed by atoms with Crippen molar-refractivity contribution in [3.8, 4) is 0 Å². The molecule has 0 saturated heterocycles. The third kappa shape index (κ3) is 8.85. The molecule has 0 fully saturated rings. The second-order valence-corrected chi connectivity index (χ2v) is 6.22. The topological polar surface area (TPSA) is 81.8 Å². The molecule has 7 heteroatoms. The van der Waals surface area contributed by atoms with Gasteiger partial charge in [0, 0.05) is 44.7 Å². The Kier molecular flexibility index (Phi) is 8.63. The fraction of sp³-hybridized carbons (Fsp3) is 0.500. The molecule has 0 atom stereocenters. The zero-order valence-electron chi connectivity index (χ0n) is 15.5. The quantitative estimate of drug-likeness (QED) is 0.713. The number of nitrogens with zero attached hydrogens (tertiary/aromatic N) is 2. The summed E-state index contributed by atoms with van der Waals surface area (Å²) in [4.78, 5) is 38.5. The van der Waals surface area contributed by atoms with E-state index in [0.29, 0.717) is 24.5 Å². The second-order valence-electron chi connectivity index (χ2n) is 6.22. The highest BCUT2D eigenvalue weighted by molar-refractivity contribution is 5.92. The molecule has 0 aromatic heterocycles. The number of carbonyl (C=O) groups excluding carboxylic acids is 3. The van der Waals surface area contributed by atoms with Crippen molar-refractivity contribution in [3.63, 3.8) is 0 Å². The van der Waals surface area contributed by atoms with Gasteiger partial charge >= 0.3 is 0 Å². The molecule has 0 unspecified atom stereocenters. The molecule has 0 bridgehead atoms. The Labute approximate surface area is 149 Å². The van der Waals surface area contributed by atoms with Crippen molar-refractivity contribution in [2.45, 2.75) is 26.7 Å². The number of amides is 3. The molecule has 25 heavy (non-hydrogen) atoms. The summed E-state index contributed by atoms with van der Waals surface area (Å²) in [6.45, 7) is 4.91. The van der Waals surface area contributed by atoms with Gasteiger partial charge in [-0.05, 0) is 51.3 Å². The molecule has 0 heterocycles. The first-order valence-corrected chi connectivity index (χ1v) is 8.35. The lowest BCUT2D eigenvalue weighted by molar-refractivity contribution is -0.129. The van der Waals surface area contributed by atoms with E-state index in [9.17, 15) is 14.4 Å². The Morgan fingerprint density at radius 2 is 1.44 bits per heavy atom. The Balaban J connectivity index is 2.43. The Hall–Kier alpha value is -2.41. The van der Waals surface area contributed by atoms with E-state index in [4.69, 9.17) is 0 Å². The van der Waals surface area contributed by atoms with Crippen LogP contribution in [-0.2, 0) is 14.4 Å². The molecule has 138 valence electrons. The normalized spacial score (nSPS) is 10.4. The van der Waals surface area contributed by atoms with Crippen molar-refractivity contribution >= 4 is 29.1 Å². The number of rotatable bonds is 9. The zero-order valence-corrected chi connectivity index (χ0v) is 15.5. The van der Waals surface area contributed by atoms with Gasteiger partial charge in [-0.3, -0.25) is 14.4 Å². The summed E-state index contributed by atoms with van der Waals surface area (Å²) in [6.07, 6.45) is 1.12. The number of anilines is 2. The van der Waals surface area contributed by atoms with E-state index in [1.54, 1.807) is 29.2 Å². The molecule has 1 aromatic carbocycles. The summed E-state index contributed by atoms with van der Waals surface area (Å²) in [5.74, 6) is -0.312. The Morgan fingerprint density at radius 1 is 0.880 bits per heavy atom. The number of benzene rings is 1. The molecule has 3 amide bonds. The van der Waals surface area contributed by atoms with E-state index in [2.05, 4.69) is 15.5 Å². The Morgan fingerprint density at radius 3 is 1.92 bits per heavy atom. The van der Waals surface area contributed by atoms with Crippen LogP contribution in [-0.4, -0.2) is 61.3 Å². The fourth-order valence-corrected chi connectivity index (χ4v) is 2.30. The van der Waals surface area contributed by atoms with Gasteiger partial charge in [-0.15, -0.1) is 0 Å². The van der Waals surface area contributed by atoms with Crippen LogP contribution in [0.15, 0.2) is 24.3 Å². The molecule has 1 rings (SSSR count). The highest BCUT2D eigenvalue weighted by Gasteiger charge is 2.11. The monoisotopic (exact) mass is 348 g/mol. The lowest BCUT2D eigenvalue weighted by atomic mass is 10.2. The molecule has 0 aliphatic heterocycles. The molecular weight excluding hydrogens is 320 g/mol. The average Bonchev–Trinajstić information content (AvgIpc) is 2.51. The first kappa shape index (κ1) is 20.6. The molecule has 0 saturated carbocycles. The van der Waals surface area contributed by atoms with Crippen molar-refractivity contribution in [1.82, 2.24) is 9.80 Å². The van der Waals surface area contributed by atoms with Gasteiger partial charge in [0.25, 0.3) is 0 Å². The van der Waals surface area contributed by atoms with Crippen molar-refractivity contribution in [2.75, 3.05) is 44.4 Å². The number of nitrogens with one attached hydrogen (secondary N) is 2. The lowest BCUT2D eigenvalue weighted by Crippen LogP contribution is -2.34. The SMILES string of the molecule is CC(=O)Nc1ccc(NC(=O)CCN(CCCN(C)C)C(C)=O)cc1. The maximum Gasteiger partial charge on any atom is 0.226 e. The van der Waals surface area contributed by atoms with Gasteiger partial charge < -0.3 is 20.4 Å². The Bertz CT molecular complexity index is 584. The van der Waals surface area contributed by atoms with Gasteiger partial charge in [-0.2, -0.15) is 0 Å². The van der Waals surface area contributed by atoms with Gasteiger partial charge in [0.1, 0.15) is 0 Å². The van der Waals surface area contributed by atoms with Crippen molar-refractivity contribution in [2.24, 2.45) is 0 Å². The lowest BCUT2D eigenvalue weighted by Gasteiger charge is -2.21.